The number of benzene rings is 2. The summed E-state index contributed by atoms with van der Waals surface area (Å²) in [7, 11) is 0. The molecule has 2 rings (SSSR count). The molecule has 0 aliphatic rings. The van der Waals surface area contributed by atoms with Gasteiger partial charge < -0.3 is 11.5 Å². The minimum atomic E-state index is 0.826. The maximum Gasteiger partial charge on any atom is 0.0452 e. The largest absolute Gasteiger partial charge is 0.398 e. The lowest BCUT2D eigenvalue weighted by Gasteiger charge is -2.09. The molecule has 0 aliphatic heterocycles. The summed E-state index contributed by atoms with van der Waals surface area (Å²) in [6.45, 7) is 0. The van der Waals surface area contributed by atoms with Gasteiger partial charge >= 0.3 is 0 Å². The molecular weight excluding hydrogens is 260 g/mol. The Labute approximate surface area is 116 Å². The van der Waals surface area contributed by atoms with Crippen molar-refractivity contribution in [3.8, 4) is 11.1 Å². The van der Waals surface area contributed by atoms with Crippen molar-refractivity contribution in [2.45, 2.75) is 9.79 Å². The van der Waals surface area contributed by atoms with Crippen molar-refractivity contribution in [3.63, 3.8) is 0 Å². The molecule has 0 amide bonds. The molecule has 4 N–H and O–H groups in total. The number of hydrogen-bond acceptors (Lipinski definition) is 4. The fourth-order valence-electron chi connectivity index (χ4n) is 1.78. The molecule has 0 saturated carbocycles. The second-order valence-electron chi connectivity index (χ2n) is 3.91. The SMILES string of the molecule is CSc1cc(-c2ccc(N)c(SC)c2)ccc1N. The van der Waals surface area contributed by atoms with Gasteiger partial charge in [0.15, 0.2) is 0 Å². The van der Waals surface area contributed by atoms with Gasteiger partial charge in [-0.05, 0) is 47.9 Å². The molecule has 4 heteroatoms. The molecule has 0 unspecified atom stereocenters. The van der Waals surface area contributed by atoms with E-state index in [0.717, 1.165) is 21.2 Å². The van der Waals surface area contributed by atoms with Crippen LogP contribution in [0.2, 0.25) is 0 Å². The van der Waals surface area contributed by atoms with Crippen molar-refractivity contribution < 1.29 is 0 Å². The van der Waals surface area contributed by atoms with Crippen molar-refractivity contribution >= 4 is 34.9 Å². The van der Waals surface area contributed by atoms with Crippen LogP contribution in [0.4, 0.5) is 11.4 Å². The molecule has 2 nitrogen and oxygen atoms in total. The topological polar surface area (TPSA) is 52.0 Å². The monoisotopic (exact) mass is 276 g/mol. The highest BCUT2D eigenvalue weighted by Crippen LogP contribution is 2.32. The van der Waals surface area contributed by atoms with Gasteiger partial charge in [-0.2, -0.15) is 0 Å². The van der Waals surface area contributed by atoms with E-state index in [0.29, 0.717) is 0 Å². The summed E-state index contributed by atoms with van der Waals surface area (Å²) in [6.07, 6.45) is 4.07. The molecule has 0 aliphatic carbocycles. The summed E-state index contributed by atoms with van der Waals surface area (Å²) >= 11 is 3.32. The molecular formula is C14H16N2S2. The fourth-order valence-corrected chi connectivity index (χ4v) is 2.88. The van der Waals surface area contributed by atoms with E-state index < -0.39 is 0 Å². The Balaban J connectivity index is 2.48. The summed E-state index contributed by atoms with van der Waals surface area (Å²) in [5, 5.41) is 0. The quantitative estimate of drug-likeness (QED) is 0.658. The average Bonchev–Trinajstić information content (AvgIpc) is 2.40. The summed E-state index contributed by atoms with van der Waals surface area (Å²) in [5.74, 6) is 0. The number of rotatable bonds is 3. The van der Waals surface area contributed by atoms with E-state index in [2.05, 4.69) is 12.1 Å². The van der Waals surface area contributed by atoms with Gasteiger partial charge in [0.05, 0.1) is 0 Å². The average molecular weight is 276 g/mol. The molecule has 0 spiro atoms. The van der Waals surface area contributed by atoms with Crippen molar-refractivity contribution in [2.75, 3.05) is 24.0 Å². The second kappa shape index (κ2) is 5.59. The van der Waals surface area contributed by atoms with Crippen molar-refractivity contribution in [1.82, 2.24) is 0 Å². The van der Waals surface area contributed by atoms with E-state index in [-0.39, 0.29) is 0 Å². The minimum Gasteiger partial charge on any atom is -0.398 e. The van der Waals surface area contributed by atoms with Gasteiger partial charge in [-0.1, -0.05) is 12.1 Å². The van der Waals surface area contributed by atoms with E-state index in [9.17, 15) is 0 Å². The Morgan fingerprint density at radius 3 is 1.44 bits per heavy atom. The molecule has 18 heavy (non-hydrogen) atoms. The molecule has 0 atom stereocenters. The highest BCUT2D eigenvalue weighted by Gasteiger charge is 2.05. The first kappa shape index (κ1) is 13.2. The molecule has 0 saturated heterocycles. The molecule has 2 aromatic carbocycles. The molecule has 0 heterocycles. The minimum absolute atomic E-state index is 0.826. The third-order valence-electron chi connectivity index (χ3n) is 2.80. The number of thioether (sulfide) groups is 2. The lowest BCUT2D eigenvalue weighted by Crippen LogP contribution is -1.91. The van der Waals surface area contributed by atoms with E-state index in [1.807, 2.05) is 36.8 Å². The highest BCUT2D eigenvalue weighted by atomic mass is 32.2. The van der Waals surface area contributed by atoms with Crippen molar-refractivity contribution in [1.29, 1.82) is 0 Å². The van der Waals surface area contributed by atoms with Crippen LogP contribution in [-0.4, -0.2) is 12.5 Å². The van der Waals surface area contributed by atoms with Crippen molar-refractivity contribution in [2.24, 2.45) is 0 Å². The maximum atomic E-state index is 5.91. The molecule has 0 bridgehead atoms. The van der Waals surface area contributed by atoms with Crippen LogP contribution < -0.4 is 11.5 Å². The van der Waals surface area contributed by atoms with Crippen LogP contribution in [-0.2, 0) is 0 Å². The van der Waals surface area contributed by atoms with Gasteiger partial charge in [-0.25, -0.2) is 0 Å². The first-order valence-corrected chi connectivity index (χ1v) is 7.98. The molecule has 0 aromatic heterocycles. The number of anilines is 2. The lowest BCUT2D eigenvalue weighted by molar-refractivity contribution is 1.42. The predicted molar refractivity (Wildman–Crippen MR) is 84.3 cm³/mol. The Hall–Kier alpha value is -1.26. The zero-order chi connectivity index (χ0) is 13.1. The zero-order valence-corrected chi connectivity index (χ0v) is 12.1. The zero-order valence-electron chi connectivity index (χ0n) is 10.4. The van der Waals surface area contributed by atoms with Crippen molar-refractivity contribution in [3.05, 3.63) is 36.4 Å². The summed E-state index contributed by atoms with van der Waals surface area (Å²) < 4.78 is 0. The number of hydrogen-bond donors (Lipinski definition) is 2. The van der Waals surface area contributed by atoms with Gasteiger partial charge in [0, 0.05) is 21.2 Å². The van der Waals surface area contributed by atoms with Gasteiger partial charge in [0.2, 0.25) is 0 Å². The maximum absolute atomic E-state index is 5.91. The van der Waals surface area contributed by atoms with E-state index in [1.165, 1.54) is 11.1 Å². The smallest absolute Gasteiger partial charge is 0.0452 e. The third-order valence-corrected chi connectivity index (χ3v) is 4.39. The van der Waals surface area contributed by atoms with Gasteiger partial charge in [0.1, 0.15) is 0 Å². The summed E-state index contributed by atoms with van der Waals surface area (Å²) in [4.78, 5) is 2.21. The second-order valence-corrected chi connectivity index (χ2v) is 5.61. The van der Waals surface area contributed by atoms with Gasteiger partial charge in [-0.3, -0.25) is 0 Å². The summed E-state index contributed by atoms with van der Waals surface area (Å²) in [5.41, 5.74) is 15.8. The Kier molecular flexibility index (Phi) is 4.09. The first-order chi connectivity index (χ1) is 8.65. The Morgan fingerprint density at radius 2 is 1.11 bits per heavy atom. The predicted octanol–water partition coefficient (Wildman–Crippen LogP) is 3.96. The van der Waals surface area contributed by atoms with E-state index >= 15 is 0 Å². The van der Waals surface area contributed by atoms with Crippen LogP contribution in [0.1, 0.15) is 0 Å². The Morgan fingerprint density at radius 1 is 0.722 bits per heavy atom. The molecule has 0 radical (unpaired) electrons. The van der Waals surface area contributed by atoms with Crippen LogP contribution in [0.25, 0.3) is 11.1 Å². The first-order valence-electron chi connectivity index (χ1n) is 5.53. The highest BCUT2D eigenvalue weighted by molar-refractivity contribution is 7.99. The molecule has 0 fully saturated rings. The van der Waals surface area contributed by atoms with Crippen LogP contribution in [0.15, 0.2) is 46.2 Å². The fraction of sp³-hybridized carbons (Fsp3) is 0.143. The lowest BCUT2D eigenvalue weighted by atomic mass is 10.1. The van der Waals surface area contributed by atoms with Gasteiger partial charge in [-0.15, -0.1) is 23.5 Å². The van der Waals surface area contributed by atoms with Crippen LogP contribution in [0, 0.1) is 0 Å². The summed E-state index contributed by atoms with van der Waals surface area (Å²) in [6, 6.07) is 12.2. The standard InChI is InChI=1S/C14H16N2S2/c1-17-13-7-9(3-5-11(13)15)10-4-6-12(16)14(8-10)18-2/h3-8H,15-16H2,1-2H3. The van der Waals surface area contributed by atoms with Crippen LogP contribution >= 0.6 is 23.5 Å². The number of nitrogens with two attached hydrogens (primary N) is 2. The van der Waals surface area contributed by atoms with E-state index in [1.54, 1.807) is 23.5 Å². The van der Waals surface area contributed by atoms with Crippen LogP contribution in [0.5, 0.6) is 0 Å². The van der Waals surface area contributed by atoms with Gasteiger partial charge in [0.25, 0.3) is 0 Å². The molecule has 94 valence electrons. The van der Waals surface area contributed by atoms with Crippen LogP contribution in [0.3, 0.4) is 0 Å². The Bertz CT molecular complexity index is 516. The molecule has 2 aromatic rings. The van der Waals surface area contributed by atoms with E-state index in [4.69, 9.17) is 11.5 Å². The number of nitrogen functional groups attached to an aromatic ring is 2. The normalized spacial score (nSPS) is 10.6. The third kappa shape index (κ3) is 2.60.